The zero-order chi connectivity index (χ0) is 23.6. The Hall–Kier alpha value is -2.75. The molecule has 2 aliphatic rings. The average Bonchev–Trinajstić information content (AvgIpc) is 2.80. The van der Waals surface area contributed by atoms with Gasteiger partial charge in [-0.05, 0) is 24.3 Å². The SMILES string of the molecule is CN1C=C(c2cc(NC(O)c3cccc(C(F)(F)F)c3)cnc2Cl)C=C(N2CCOCC2)C1. The van der Waals surface area contributed by atoms with E-state index in [0.29, 0.717) is 24.5 Å². The number of halogens is 4. The maximum absolute atomic E-state index is 13.0. The van der Waals surface area contributed by atoms with Crippen LogP contribution in [0.3, 0.4) is 0 Å². The zero-order valence-corrected chi connectivity index (χ0v) is 18.7. The number of hydrogen-bond acceptors (Lipinski definition) is 6. The lowest BCUT2D eigenvalue weighted by molar-refractivity contribution is -0.137. The molecule has 0 saturated carbocycles. The van der Waals surface area contributed by atoms with E-state index in [1.807, 2.05) is 18.1 Å². The van der Waals surface area contributed by atoms with Crippen molar-refractivity contribution in [1.82, 2.24) is 14.8 Å². The number of benzene rings is 1. The standard InChI is InChI=1S/C23H24ClF3N4O2/c1-30-13-16(10-19(14-30)31-5-7-33-8-6-31)20-11-18(12-28-21(20)24)29-22(32)15-3-2-4-17(9-15)23(25,26)27/h2-4,9-13,22,29,32H,5-8,14H2,1H3. The summed E-state index contributed by atoms with van der Waals surface area (Å²) in [7, 11) is 1.97. The highest BCUT2D eigenvalue weighted by molar-refractivity contribution is 6.31. The summed E-state index contributed by atoms with van der Waals surface area (Å²) in [6.45, 7) is 3.72. The summed E-state index contributed by atoms with van der Waals surface area (Å²) in [6, 6.07) is 6.29. The van der Waals surface area contributed by atoms with Gasteiger partial charge in [0.15, 0.2) is 6.23 Å². The molecule has 1 atom stereocenters. The first-order valence-corrected chi connectivity index (χ1v) is 10.8. The fourth-order valence-electron chi connectivity index (χ4n) is 3.85. The molecule has 0 aliphatic carbocycles. The molecule has 6 nitrogen and oxygen atoms in total. The van der Waals surface area contributed by atoms with Crippen molar-refractivity contribution < 1.29 is 23.0 Å². The number of ether oxygens (including phenoxy) is 1. The van der Waals surface area contributed by atoms with Crippen LogP contribution >= 0.6 is 11.6 Å². The highest BCUT2D eigenvalue weighted by Crippen LogP contribution is 2.33. The quantitative estimate of drug-likeness (QED) is 0.490. The average molecular weight is 481 g/mol. The summed E-state index contributed by atoms with van der Waals surface area (Å²) in [4.78, 5) is 8.53. The summed E-state index contributed by atoms with van der Waals surface area (Å²) in [6.07, 6.45) is -0.399. The monoisotopic (exact) mass is 480 g/mol. The highest BCUT2D eigenvalue weighted by atomic mass is 35.5. The Labute approximate surface area is 194 Å². The van der Waals surface area contributed by atoms with Gasteiger partial charge in [-0.25, -0.2) is 4.98 Å². The maximum Gasteiger partial charge on any atom is 0.416 e. The van der Waals surface area contributed by atoms with Crippen molar-refractivity contribution in [3.63, 3.8) is 0 Å². The predicted molar refractivity (Wildman–Crippen MR) is 120 cm³/mol. The van der Waals surface area contributed by atoms with Gasteiger partial charge in [0, 0.05) is 48.7 Å². The third-order valence-corrected chi connectivity index (χ3v) is 5.79. The van der Waals surface area contributed by atoms with Crippen LogP contribution in [0.1, 0.15) is 22.9 Å². The van der Waals surface area contributed by atoms with E-state index >= 15 is 0 Å². The minimum atomic E-state index is -4.49. The highest BCUT2D eigenvalue weighted by Gasteiger charge is 2.31. The first-order valence-electron chi connectivity index (χ1n) is 10.4. The number of likely N-dealkylation sites (N-methyl/N-ethyl adjacent to an activating group) is 1. The van der Waals surface area contributed by atoms with E-state index in [-0.39, 0.29) is 10.7 Å². The minimum absolute atomic E-state index is 0.0902. The molecule has 1 fully saturated rings. The molecule has 0 bridgehead atoms. The number of nitrogens with zero attached hydrogens (tertiary/aromatic N) is 3. The summed E-state index contributed by atoms with van der Waals surface area (Å²) >= 11 is 6.39. The minimum Gasteiger partial charge on any atom is -0.378 e. The van der Waals surface area contributed by atoms with Crippen molar-refractivity contribution >= 4 is 22.9 Å². The van der Waals surface area contributed by atoms with Crippen LogP contribution in [0.5, 0.6) is 0 Å². The van der Waals surface area contributed by atoms with E-state index in [0.717, 1.165) is 43.0 Å². The van der Waals surface area contributed by atoms with Gasteiger partial charge in [-0.15, -0.1) is 0 Å². The molecule has 0 amide bonds. The lowest BCUT2D eigenvalue weighted by Gasteiger charge is -2.35. The molecule has 0 spiro atoms. The molecule has 0 radical (unpaired) electrons. The van der Waals surface area contributed by atoms with Crippen molar-refractivity contribution in [3.05, 3.63) is 76.3 Å². The summed E-state index contributed by atoms with van der Waals surface area (Å²) < 4.78 is 44.5. The number of morpholine rings is 1. The van der Waals surface area contributed by atoms with Crippen LogP contribution in [0, 0.1) is 0 Å². The number of aliphatic hydroxyl groups excluding tert-OH is 1. The summed E-state index contributed by atoms with van der Waals surface area (Å²) in [5, 5.41) is 13.6. The van der Waals surface area contributed by atoms with Crippen molar-refractivity contribution in [1.29, 1.82) is 0 Å². The van der Waals surface area contributed by atoms with E-state index in [4.69, 9.17) is 16.3 Å². The molecule has 2 N–H and O–H groups in total. The van der Waals surface area contributed by atoms with E-state index in [9.17, 15) is 18.3 Å². The van der Waals surface area contributed by atoms with Gasteiger partial charge < -0.3 is 25.0 Å². The maximum atomic E-state index is 13.0. The molecule has 1 saturated heterocycles. The van der Waals surface area contributed by atoms with Gasteiger partial charge in [0.2, 0.25) is 0 Å². The topological polar surface area (TPSA) is 60.9 Å². The number of anilines is 1. The van der Waals surface area contributed by atoms with E-state index in [1.165, 1.54) is 18.3 Å². The van der Waals surface area contributed by atoms with Crippen LogP contribution in [0.2, 0.25) is 5.15 Å². The second kappa shape index (κ2) is 9.62. The molecule has 1 aromatic carbocycles. The number of hydrogen-bond donors (Lipinski definition) is 2. The van der Waals surface area contributed by atoms with Gasteiger partial charge in [-0.1, -0.05) is 23.7 Å². The molecule has 33 heavy (non-hydrogen) atoms. The smallest absolute Gasteiger partial charge is 0.378 e. The van der Waals surface area contributed by atoms with Gasteiger partial charge in [-0.3, -0.25) is 0 Å². The Bertz CT molecular complexity index is 1070. The fourth-order valence-corrected chi connectivity index (χ4v) is 4.06. The van der Waals surface area contributed by atoms with Gasteiger partial charge >= 0.3 is 6.18 Å². The number of rotatable bonds is 5. The Morgan fingerprint density at radius 1 is 1.21 bits per heavy atom. The number of allylic oxidation sites excluding steroid dienone is 2. The molecule has 1 aromatic heterocycles. The van der Waals surface area contributed by atoms with Gasteiger partial charge in [-0.2, -0.15) is 13.2 Å². The lowest BCUT2D eigenvalue weighted by atomic mass is 10.0. The van der Waals surface area contributed by atoms with Crippen LogP contribution < -0.4 is 5.32 Å². The molecule has 1 unspecified atom stereocenters. The molecule has 3 heterocycles. The van der Waals surface area contributed by atoms with E-state index in [1.54, 1.807) is 6.07 Å². The number of nitrogens with one attached hydrogen (secondary N) is 1. The second-order valence-electron chi connectivity index (χ2n) is 7.97. The van der Waals surface area contributed by atoms with Crippen molar-refractivity contribution in [3.8, 4) is 0 Å². The molecule has 4 rings (SSSR count). The fraction of sp³-hybridized carbons (Fsp3) is 0.348. The van der Waals surface area contributed by atoms with E-state index < -0.39 is 18.0 Å². The van der Waals surface area contributed by atoms with Crippen LogP contribution in [0.25, 0.3) is 5.57 Å². The molecule has 10 heteroatoms. The van der Waals surface area contributed by atoms with Crippen LogP contribution in [0.4, 0.5) is 18.9 Å². The normalized spacial score (nSPS) is 18.0. The zero-order valence-electron chi connectivity index (χ0n) is 17.9. The van der Waals surface area contributed by atoms with Crippen molar-refractivity contribution in [2.24, 2.45) is 0 Å². The molecule has 2 aromatic rings. The largest absolute Gasteiger partial charge is 0.416 e. The van der Waals surface area contributed by atoms with Gasteiger partial charge in [0.1, 0.15) is 5.15 Å². The van der Waals surface area contributed by atoms with Crippen LogP contribution in [0.15, 0.2) is 54.5 Å². The van der Waals surface area contributed by atoms with Crippen molar-refractivity contribution in [2.45, 2.75) is 12.4 Å². The number of pyridine rings is 1. The van der Waals surface area contributed by atoms with Gasteiger partial charge in [0.25, 0.3) is 0 Å². The Morgan fingerprint density at radius 3 is 2.70 bits per heavy atom. The summed E-state index contributed by atoms with van der Waals surface area (Å²) in [5.74, 6) is 0. The Morgan fingerprint density at radius 2 is 1.97 bits per heavy atom. The number of aromatic nitrogens is 1. The van der Waals surface area contributed by atoms with Gasteiger partial charge in [0.05, 0.1) is 37.2 Å². The van der Waals surface area contributed by atoms with E-state index in [2.05, 4.69) is 21.3 Å². The molecular formula is C23H24ClF3N4O2. The molecule has 2 aliphatic heterocycles. The number of aliphatic hydroxyl groups is 1. The third kappa shape index (κ3) is 5.61. The second-order valence-corrected chi connectivity index (χ2v) is 8.33. The first kappa shape index (κ1) is 23.4. The lowest BCUT2D eigenvalue weighted by Crippen LogP contribution is -2.39. The Balaban J connectivity index is 1.57. The molecule has 176 valence electrons. The van der Waals surface area contributed by atoms with Crippen molar-refractivity contribution in [2.75, 3.05) is 45.2 Å². The van der Waals surface area contributed by atoms with Crippen LogP contribution in [-0.4, -0.2) is 59.8 Å². The van der Waals surface area contributed by atoms with Crippen LogP contribution in [-0.2, 0) is 10.9 Å². The third-order valence-electron chi connectivity index (χ3n) is 5.49. The summed E-state index contributed by atoms with van der Waals surface area (Å²) in [5.41, 5.74) is 2.32. The predicted octanol–water partition coefficient (Wildman–Crippen LogP) is 4.36. The number of alkyl halides is 3. The molecular weight excluding hydrogens is 457 g/mol. The first-order chi connectivity index (χ1) is 15.7. The Kier molecular flexibility index (Phi) is 6.83.